The van der Waals surface area contributed by atoms with Gasteiger partial charge in [-0.05, 0) is 43.7 Å². The number of aryl methyl sites for hydroxylation is 2. The number of hydrogen-bond donors (Lipinski definition) is 0. The monoisotopic (exact) mass is 270 g/mol. The van der Waals surface area contributed by atoms with Crippen molar-refractivity contribution in [3.05, 3.63) is 57.5 Å². The molecule has 0 amide bonds. The number of carbonyl (C=O) groups is 1. The minimum Gasteiger partial charge on any atom is -0.453 e. The van der Waals surface area contributed by atoms with E-state index in [9.17, 15) is 4.79 Å². The molecule has 19 heavy (non-hydrogen) atoms. The Morgan fingerprint density at radius 1 is 1.21 bits per heavy atom. The molecular weight excluding hydrogens is 256 g/mol. The van der Waals surface area contributed by atoms with Crippen molar-refractivity contribution in [3.8, 4) is 0 Å². The molecule has 1 aromatic carbocycles. The van der Waals surface area contributed by atoms with Gasteiger partial charge in [-0.15, -0.1) is 11.3 Å². The average molecular weight is 270 g/mol. The summed E-state index contributed by atoms with van der Waals surface area (Å²) in [5.74, 6) is 0.392. The highest BCUT2D eigenvalue weighted by molar-refractivity contribution is 7.14. The summed E-state index contributed by atoms with van der Waals surface area (Å²) in [6.45, 7) is 4.12. The third-order valence-corrected chi connectivity index (χ3v) is 4.36. The molecule has 0 aliphatic rings. The molecule has 0 saturated heterocycles. The first-order chi connectivity index (χ1) is 9.17. The van der Waals surface area contributed by atoms with Gasteiger partial charge in [-0.2, -0.15) is 0 Å². The smallest absolute Gasteiger partial charge is 0.238 e. The molecule has 0 N–H and O–H groups in total. The highest BCUT2D eigenvalue weighted by Crippen LogP contribution is 2.25. The number of benzene rings is 1. The lowest BCUT2D eigenvalue weighted by Crippen LogP contribution is -1.95. The quantitative estimate of drug-likeness (QED) is 0.651. The Balaban J connectivity index is 2.01. The van der Waals surface area contributed by atoms with E-state index in [1.165, 1.54) is 16.2 Å². The number of ketones is 1. The summed E-state index contributed by atoms with van der Waals surface area (Å²) in [4.78, 5) is 14.3. The van der Waals surface area contributed by atoms with Crippen LogP contribution in [0.3, 0.4) is 0 Å². The summed E-state index contributed by atoms with van der Waals surface area (Å²) in [5, 5.41) is 0.982. The second-order valence-corrected chi connectivity index (χ2v) is 5.77. The third kappa shape index (κ3) is 2.22. The van der Waals surface area contributed by atoms with Crippen LogP contribution in [-0.2, 0) is 6.42 Å². The molecule has 0 unspecified atom stereocenters. The molecule has 96 valence electrons. The second-order valence-electron chi connectivity index (χ2n) is 4.60. The zero-order valence-electron chi connectivity index (χ0n) is 10.9. The van der Waals surface area contributed by atoms with Gasteiger partial charge in [0.05, 0.1) is 4.88 Å². The average Bonchev–Trinajstić information content (AvgIpc) is 3.03. The SMILES string of the molecule is CCc1ccc(C(=O)c2cc3cc(C)ccc3o2)s1. The van der Waals surface area contributed by atoms with Crippen LogP contribution in [0, 0.1) is 6.92 Å². The maximum Gasteiger partial charge on any atom is 0.238 e. The highest BCUT2D eigenvalue weighted by atomic mass is 32.1. The Labute approximate surface area is 115 Å². The van der Waals surface area contributed by atoms with Crippen molar-refractivity contribution < 1.29 is 9.21 Å². The van der Waals surface area contributed by atoms with Gasteiger partial charge >= 0.3 is 0 Å². The van der Waals surface area contributed by atoms with E-state index in [0.717, 1.165) is 27.8 Å². The van der Waals surface area contributed by atoms with Gasteiger partial charge in [0.25, 0.3) is 0 Å². The van der Waals surface area contributed by atoms with Crippen LogP contribution in [0.4, 0.5) is 0 Å². The molecule has 0 atom stereocenters. The van der Waals surface area contributed by atoms with E-state index >= 15 is 0 Å². The van der Waals surface area contributed by atoms with Gasteiger partial charge in [-0.25, -0.2) is 0 Å². The van der Waals surface area contributed by atoms with E-state index in [0.29, 0.717) is 5.76 Å². The van der Waals surface area contributed by atoms with Gasteiger partial charge in [0, 0.05) is 10.3 Å². The van der Waals surface area contributed by atoms with Crippen LogP contribution < -0.4 is 0 Å². The minimum atomic E-state index is -0.0291. The van der Waals surface area contributed by atoms with E-state index in [1.54, 1.807) is 0 Å². The van der Waals surface area contributed by atoms with Crippen LogP contribution in [0.5, 0.6) is 0 Å². The lowest BCUT2D eigenvalue weighted by Gasteiger charge is -1.91. The fourth-order valence-corrected chi connectivity index (χ4v) is 2.98. The summed E-state index contributed by atoms with van der Waals surface area (Å²) in [6, 6.07) is 11.6. The molecule has 3 rings (SSSR count). The van der Waals surface area contributed by atoms with E-state index in [4.69, 9.17) is 4.42 Å². The Morgan fingerprint density at radius 2 is 2.05 bits per heavy atom. The fraction of sp³-hybridized carbons (Fsp3) is 0.188. The van der Waals surface area contributed by atoms with Crippen LogP contribution in [0.1, 0.15) is 32.8 Å². The number of hydrogen-bond acceptors (Lipinski definition) is 3. The van der Waals surface area contributed by atoms with Crippen molar-refractivity contribution in [2.24, 2.45) is 0 Å². The molecule has 2 nitrogen and oxygen atoms in total. The van der Waals surface area contributed by atoms with Gasteiger partial charge in [-0.1, -0.05) is 18.6 Å². The van der Waals surface area contributed by atoms with Crippen LogP contribution in [0.25, 0.3) is 11.0 Å². The number of furan rings is 1. The Hall–Kier alpha value is -1.87. The maximum absolute atomic E-state index is 12.3. The number of thiophene rings is 1. The molecule has 3 heteroatoms. The summed E-state index contributed by atoms with van der Waals surface area (Å²) >= 11 is 1.54. The summed E-state index contributed by atoms with van der Waals surface area (Å²) < 4.78 is 5.64. The van der Waals surface area contributed by atoms with Crippen LogP contribution in [0.2, 0.25) is 0 Å². The molecule has 2 aromatic heterocycles. The molecule has 0 spiro atoms. The minimum absolute atomic E-state index is 0.0291. The Kier molecular flexibility index (Phi) is 2.99. The molecule has 0 aliphatic carbocycles. The molecule has 0 radical (unpaired) electrons. The topological polar surface area (TPSA) is 30.2 Å². The van der Waals surface area contributed by atoms with Crippen molar-refractivity contribution in [2.75, 3.05) is 0 Å². The van der Waals surface area contributed by atoms with Crippen molar-refractivity contribution in [3.63, 3.8) is 0 Å². The van der Waals surface area contributed by atoms with Gasteiger partial charge < -0.3 is 4.42 Å². The number of carbonyl (C=O) groups excluding carboxylic acids is 1. The third-order valence-electron chi connectivity index (χ3n) is 3.13. The van der Waals surface area contributed by atoms with Gasteiger partial charge in [0.1, 0.15) is 5.58 Å². The maximum atomic E-state index is 12.3. The van der Waals surface area contributed by atoms with Crippen LogP contribution >= 0.6 is 11.3 Å². The van der Waals surface area contributed by atoms with E-state index in [1.807, 2.05) is 43.3 Å². The largest absolute Gasteiger partial charge is 0.453 e. The van der Waals surface area contributed by atoms with Crippen molar-refractivity contribution in [2.45, 2.75) is 20.3 Å². The number of rotatable bonds is 3. The summed E-state index contributed by atoms with van der Waals surface area (Å²) in [7, 11) is 0. The van der Waals surface area contributed by atoms with Crippen molar-refractivity contribution >= 4 is 28.1 Å². The molecule has 0 aliphatic heterocycles. The first kappa shape index (κ1) is 12.2. The lowest BCUT2D eigenvalue weighted by atomic mass is 10.1. The van der Waals surface area contributed by atoms with E-state index in [2.05, 4.69) is 6.92 Å². The summed E-state index contributed by atoms with van der Waals surface area (Å²) in [5.41, 5.74) is 1.93. The standard InChI is InChI=1S/C16H14O2S/c1-3-12-5-7-15(19-12)16(17)14-9-11-8-10(2)4-6-13(11)18-14/h4-9H,3H2,1-2H3. The first-order valence-electron chi connectivity index (χ1n) is 6.31. The molecule has 3 aromatic rings. The molecule has 0 fully saturated rings. The second kappa shape index (κ2) is 4.67. The number of fused-ring (bicyclic) bond motifs is 1. The van der Waals surface area contributed by atoms with E-state index in [-0.39, 0.29) is 5.78 Å². The molecular formula is C16H14O2S. The van der Waals surface area contributed by atoms with Crippen molar-refractivity contribution in [1.82, 2.24) is 0 Å². The van der Waals surface area contributed by atoms with Gasteiger partial charge in [0.15, 0.2) is 5.76 Å². The molecule has 0 saturated carbocycles. The zero-order valence-corrected chi connectivity index (χ0v) is 11.7. The zero-order chi connectivity index (χ0) is 13.4. The predicted octanol–water partition coefficient (Wildman–Crippen LogP) is 4.60. The van der Waals surface area contributed by atoms with Gasteiger partial charge in [-0.3, -0.25) is 4.79 Å². The normalized spacial score (nSPS) is 11.1. The lowest BCUT2D eigenvalue weighted by molar-refractivity contribution is 0.101. The Morgan fingerprint density at radius 3 is 2.79 bits per heavy atom. The van der Waals surface area contributed by atoms with Gasteiger partial charge in [0.2, 0.25) is 5.78 Å². The Bertz CT molecular complexity index is 749. The van der Waals surface area contributed by atoms with Crippen LogP contribution in [0.15, 0.2) is 40.8 Å². The fourth-order valence-electron chi connectivity index (χ4n) is 2.09. The van der Waals surface area contributed by atoms with E-state index < -0.39 is 0 Å². The van der Waals surface area contributed by atoms with Crippen molar-refractivity contribution in [1.29, 1.82) is 0 Å². The highest BCUT2D eigenvalue weighted by Gasteiger charge is 2.16. The molecule has 0 bridgehead atoms. The summed E-state index contributed by atoms with van der Waals surface area (Å²) in [6.07, 6.45) is 0.956. The predicted molar refractivity (Wildman–Crippen MR) is 78.1 cm³/mol. The molecule has 2 heterocycles. The first-order valence-corrected chi connectivity index (χ1v) is 7.12. The van der Waals surface area contributed by atoms with Crippen LogP contribution in [-0.4, -0.2) is 5.78 Å².